The molecule has 2 heterocycles. The van der Waals surface area contributed by atoms with Crippen molar-refractivity contribution in [3.05, 3.63) is 30.0 Å². The predicted molar refractivity (Wildman–Crippen MR) is 83.8 cm³/mol. The molecule has 0 aliphatic carbocycles. The van der Waals surface area contributed by atoms with Gasteiger partial charge in [-0.25, -0.2) is 0 Å². The van der Waals surface area contributed by atoms with Gasteiger partial charge in [0.05, 0.1) is 17.6 Å². The Hall–Kier alpha value is -1.47. The topological polar surface area (TPSA) is 34.2 Å². The van der Waals surface area contributed by atoms with Gasteiger partial charge in [-0.05, 0) is 33.3 Å². The molecule has 1 N–H and O–H groups in total. The number of rotatable bonds is 2. The number of H-pyrrole nitrogens is 1. The van der Waals surface area contributed by atoms with E-state index >= 15 is 0 Å². The Bertz CT molecular complexity index is 720. The fourth-order valence-electron chi connectivity index (χ4n) is 2.76. The van der Waals surface area contributed by atoms with E-state index in [1.807, 2.05) is 33.8 Å². The lowest BCUT2D eigenvalue weighted by molar-refractivity contribution is -0.127. The quantitative estimate of drug-likeness (QED) is 0.857. The SMILES string of the molecule is CC1(C)OB(c2cccc3c(CC(F)(F)F)c[nH]c23)OC1(C)C. The molecule has 1 aliphatic heterocycles. The fourth-order valence-corrected chi connectivity index (χ4v) is 2.76. The zero-order chi connectivity index (χ0) is 17.0. The highest BCUT2D eigenvalue weighted by Gasteiger charge is 2.52. The normalized spacial score (nSPS) is 20.4. The van der Waals surface area contributed by atoms with Gasteiger partial charge in [0.15, 0.2) is 0 Å². The second-order valence-corrected chi connectivity index (χ2v) is 6.96. The molecule has 1 saturated heterocycles. The summed E-state index contributed by atoms with van der Waals surface area (Å²) < 4.78 is 50.1. The summed E-state index contributed by atoms with van der Waals surface area (Å²) >= 11 is 0. The Morgan fingerprint density at radius 3 is 2.26 bits per heavy atom. The minimum Gasteiger partial charge on any atom is -0.399 e. The van der Waals surface area contributed by atoms with Crippen molar-refractivity contribution in [3.63, 3.8) is 0 Å². The summed E-state index contributed by atoms with van der Waals surface area (Å²) in [5, 5.41) is 0.550. The van der Waals surface area contributed by atoms with E-state index in [-0.39, 0.29) is 5.56 Å². The number of hydrogen-bond donors (Lipinski definition) is 1. The summed E-state index contributed by atoms with van der Waals surface area (Å²) in [5.74, 6) is 0. The maximum Gasteiger partial charge on any atom is 0.497 e. The van der Waals surface area contributed by atoms with Crippen molar-refractivity contribution in [3.8, 4) is 0 Å². The Labute approximate surface area is 133 Å². The van der Waals surface area contributed by atoms with Crippen molar-refractivity contribution in [1.29, 1.82) is 0 Å². The van der Waals surface area contributed by atoms with Crippen LogP contribution in [0.1, 0.15) is 33.3 Å². The van der Waals surface area contributed by atoms with Gasteiger partial charge in [-0.3, -0.25) is 0 Å². The first-order chi connectivity index (χ1) is 10.5. The fraction of sp³-hybridized carbons (Fsp3) is 0.500. The number of aromatic amines is 1. The van der Waals surface area contributed by atoms with Crippen LogP contribution in [-0.4, -0.2) is 29.5 Å². The summed E-state index contributed by atoms with van der Waals surface area (Å²) in [5.41, 5.74) is 0.577. The van der Waals surface area contributed by atoms with Gasteiger partial charge in [0.1, 0.15) is 0 Å². The van der Waals surface area contributed by atoms with Crippen LogP contribution >= 0.6 is 0 Å². The van der Waals surface area contributed by atoms with E-state index in [9.17, 15) is 13.2 Å². The van der Waals surface area contributed by atoms with Crippen LogP contribution in [-0.2, 0) is 15.7 Å². The summed E-state index contributed by atoms with van der Waals surface area (Å²) in [4.78, 5) is 2.95. The Balaban J connectivity index is 2.01. The van der Waals surface area contributed by atoms with Crippen molar-refractivity contribution in [2.24, 2.45) is 0 Å². The molecule has 0 bridgehead atoms. The van der Waals surface area contributed by atoms with E-state index in [4.69, 9.17) is 9.31 Å². The first-order valence-corrected chi connectivity index (χ1v) is 7.51. The number of benzene rings is 1. The van der Waals surface area contributed by atoms with Crippen molar-refractivity contribution < 1.29 is 22.5 Å². The van der Waals surface area contributed by atoms with Gasteiger partial charge in [-0.1, -0.05) is 18.2 Å². The van der Waals surface area contributed by atoms with Crippen LogP contribution in [0.2, 0.25) is 0 Å². The number of nitrogens with one attached hydrogen (secondary N) is 1. The number of hydrogen-bond acceptors (Lipinski definition) is 2. The molecule has 124 valence electrons. The van der Waals surface area contributed by atoms with E-state index in [2.05, 4.69) is 4.98 Å². The highest BCUT2D eigenvalue weighted by molar-refractivity contribution is 6.65. The molecule has 23 heavy (non-hydrogen) atoms. The van der Waals surface area contributed by atoms with Crippen molar-refractivity contribution in [2.45, 2.75) is 51.5 Å². The van der Waals surface area contributed by atoms with Gasteiger partial charge in [-0.2, -0.15) is 13.2 Å². The van der Waals surface area contributed by atoms with E-state index < -0.39 is 30.9 Å². The molecular formula is C16H19BF3NO2. The third kappa shape index (κ3) is 2.88. The van der Waals surface area contributed by atoms with Crippen LogP contribution in [0.4, 0.5) is 13.2 Å². The summed E-state index contributed by atoms with van der Waals surface area (Å²) in [6.45, 7) is 7.77. The van der Waals surface area contributed by atoms with Crippen molar-refractivity contribution >= 4 is 23.5 Å². The average Bonchev–Trinajstić information content (AvgIpc) is 2.87. The second-order valence-electron chi connectivity index (χ2n) is 6.96. The lowest BCUT2D eigenvalue weighted by Gasteiger charge is -2.32. The monoisotopic (exact) mass is 325 g/mol. The molecule has 0 radical (unpaired) electrons. The van der Waals surface area contributed by atoms with Gasteiger partial charge < -0.3 is 14.3 Å². The number of fused-ring (bicyclic) bond motifs is 1. The molecular weight excluding hydrogens is 306 g/mol. The standard InChI is InChI=1S/C16H19BF3NO2/c1-14(2)15(3,4)23-17(22-14)12-7-5-6-11-10(8-16(18,19)20)9-21-13(11)12/h5-7,9,21H,8H2,1-4H3. The van der Waals surface area contributed by atoms with Crippen LogP contribution in [0.15, 0.2) is 24.4 Å². The van der Waals surface area contributed by atoms with Crippen molar-refractivity contribution in [1.82, 2.24) is 4.98 Å². The lowest BCUT2D eigenvalue weighted by Crippen LogP contribution is -2.41. The number of para-hydroxylation sites is 1. The average molecular weight is 325 g/mol. The molecule has 1 aromatic carbocycles. The maximum atomic E-state index is 12.7. The molecule has 7 heteroatoms. The second kappa shape index (κ2) is 5.01. The summed E-state index contributed by atoms with van der Waals surface area (Å²) in [6, 6.07) is 5.23. The first kappa shape index (κ1) is 16.4. The van der Waals surface area contributed by atoms with E-state index in [0.29, 0.717) is 10.9 Å². The first-order valence-electron chi connectivity index (χ1n) is 7.51. The molecule has 0 saturated carbocycles. The molecule has 2 aromatic rings. The van der Waals surface area contributed by atoms with E-state index in [1.165, 1.54) is 6.20 Å². The number of aromatic nitrogens is 1. The Morgan fingerprint density at radius 2 is 1.70 bits per heavy atom. The van der Waals surface area contributed by atoms with Gasteiger partial charge in [0.25, 0.3) is 0 Å². The Morgan fingerprint density at radius 1 is 1.09 bits per heavy atom. The molecule has 0 spiro atoms. The van der Waals surface area contributed by atoms with Crippen LogP contribution in [0.3, 0.4) is 0 Å². The number of halogens is 3. The minimum atomic E-state index is -4.24. The predicted octanol–water partition coefficient (Wildman–Crippen LogP) is 3.57. The highest BCUT2D eigenvalue weighted by atomic mass is 19.4. The third-order valence-electron chi connectivity index (χ3n) is 4.73. The van der Waals surface area contributed by atoms with Crippen molar-refractivity contribution in [2.75, 3.05) is 0 Å². The zero-order valence-corrected chi connectivity index (χ0v) is 13.5. The van der Waals surface area contributed by atoms with Gasteiger partial charge in [-0.15, -0.1) is 0 Å². The molecule has 0 unspecified atom stereocenters. The maximum absolute atomic E-state index is 12.7. The summed E-state index contributed by atoms with van der Waals surface area (Å²) in [7, 11) is -0.610. The van der Waals surface area contributed by atoms with Gasteiger partial charge in [0.2, 0.25) is 0 Å². The molecule has 3 rings (SSSR count). The summed E-state index contributed by atoms with van der Waals surface area (Å²) in [6.07, 6.45) is -3.79. The highest BCUT2D eigenvalue weighted by Crippen LogP contribution is 2.37. The van der Waals surface area contributed by atoms with Crippen LogP contribution in [0.25, 0.3) is 10.9 Å². The Kier molecular flexibility index (Phi) is 3.57. The molecule has 1 aliphatic rings. The van der Waals surface area contributed by atoms with Gasteiger partial charge >= 0.3 is 13.3 Å². The van der Waals surface area contributed by atoms with E-state index in [1.54, 1.807) is 12.1 Å². The van der Waals surface area contributed by atoms with E-state index in [0.717, 1.165) is 5.46 Å². The van der Waals surface area contributed by atoms with Crippen LogP contribution in [0.5, 0.6) is 0 Å². The zero-order valence-electron chi connectivity index (χ0n) is 13.5. The smallest absolute Gasteiger partial charge is 0.399 e. The lowest BCUT2D eigenvalue weighted by atomic mass is 9.77. The molecule has 3 nitrogen and oxygen atoms in total. The minimum absolute atomic E-state index is 0.228. The third-order valence-corrected chi connectivity index (χ3v) is 4.73. The van der Waals surface area contributed by atoms with Crippen LogP contribution in [0, 0.1) is 0 Å². The van der Waals surface area contributed by atoms with Gasteiger partial charge in [0, 0.05) is 22.6 Å². The number of alkyl halides is 3. The molecule has 1 fully saturated rings. The molecule has 0 amide bonds. The molecule has 1 aromatic heterocycles. The van der Waals surface area contributed by atoms with Crippen LogP contribution < -0.4 is 5.46 Å². The largest absolute Gasteiger partial charge is 0.497 e. The molecule has 0 atom stereocenters.